The molecule has 1 N–H and O–H groups in total. The molecule has 0 aromatic carbocycles. The molecule has 1 aliphatic rings. The fourth-order valence-electron chi connectivity index (χ4n) is 2.07. The van der Waals surface area contributed by atoms with Crippen molar-refractivity contribution in [1.82, 2.24) is 10.2 Å². The smallest absolute Gasteiger partial charge is 0.194 e. The van der Waals surface area contributed by atoms with Gasteiger partial charge in [-0.3, -0.25) is 4.99 Å². The van der Waals surface area contributed by atoms with Gasteiger partial charge in [0.25, 0.3) is 0 Å². The van der Waals surface area contributed by atoms with E-state index < -0.39 is 0 Å². The summed E-state index contributed by atoms with van der Waals surface area (Å²) in [6, 6.07) is 4.25. The summed E-state index contributed by atoms with van der Waals surface area (Å²) >= 11 is 3.88. The van der Waals surface area contributed by atoms with Crippen LogP contribution in [0.2, 0.25) is 0 Å². The first-order chi connectivity index (χ1) is 8.83. The molecule has 108 valence electrons. The molecule has 1 unspecified atom stereocenters. The first kappa shape index (κ1) is 17.1. The Morgan fingerprint density at radius 1 is 1.58 bits per heavy atom. The van der Waals surface area contributed by atoms with E-state index in [2.05, 4.69) is 51.4 Å². The van der Waals surface area contributed by atoms with Crippen LogP contribution in [0.3, 0.4) is 0 Å². The van der Waals surface area contributed by atoms with Gasteiger partial charge in [-0.05, 0) is 17.9 Å². The SMILES string of the molecule is CCC1CN(C(=NC)NCc2cccs2)CCS1.I. The number of aliphatic imine (C=N–C) groups is 1. The first-order valence-corrected chi connectivity index (χ1v) is 8.36. The van der Waals surface area contributed by atoms with Crippen LogP contribution in [0.4, 0.5) is 0 Å². The van der Waals surface area contributed by atoms with Gasteiger partial charge in [0.1, 0.15) is 0 Å². The molecule has 19 heavy (non-hydrogen) atoms. The quantitative estimate of drug-likeness (QED) is 0.470. The van der Waals surface area contributed by atoms with E-state index in [1.54, 1.807) is 11.3 Å². The maximum Gasteiger partial charge on any atom is 0.194 e. The van der Waals surface area contributed by atoms with Gasteiger partial charge in [0.05, 0.1) is 6.54 Å². The minimum Gasteiger partial charge on any atom is -0.351 e. The lowest BCUT2D eigenvalue weighted by molar-refractivity contribution is 0.408. The van der Waals surface area contributed by atoms with Crippen LogP contribution in [-0.4, -0.2) is 42.0 Å². The zero-order valence-corrected chi connectivity index (χ0v) is 15.4. The highest BCUT2D eigenvalue weighted by atomic mass is 127. The molecule has 1 aliphatic heterocycles. The van der Waals surface area contributed by atoms with E-state index >= 15 is 0 Å². The van der Waals surface area contributed by atoms with Gasteiger partial charge in [-0.2, -0.15) is 11.8 Å². The van der Waals surface area contributed by atoms with Crippen LogP contribution in [0.1, 0.15) is 18.2 Å². The third kappa shape index (κ3) is 5.15. The second kappa shape index (κ2) is 9.07. The van der Waals surface area contributed by atoms with Crippen molar-refractivity contribution in [3.8, 4) is 0 Å². The second-order valence-corrected chi connectivity index (χ2v) is 6.77. The second-order valence-electron chi connectivity index (χ2n) is 4.33. The minimum absolute atomic E-state index is 0. The largest absolute Gasteiger partial charge is 0.351 e. The standard InChI is InChI=1S/C13H21N3S2.HI/c1-3-11-10-16(6-8-18-11)13(14-2)15-9-12-5-4-7-17-12;/h4-5,7,11H,3,6,8-10H2,1-2H3,(H,14,15);1H. The van der Waals surface area contributed by atoms with Crippen molar-refractivity contribution in [2.24, 2.45) is 4.99 Å². The fraction of sp³-hybridized carbons (Fsp3) is 0.615. The Hall–Kier alpha value is 0.0500. The Balaban J connectivity index is 0.00000180. The number of nitrogens with one attached hydrogen (secondary N) is 1. The Labute approximate surface area is 141 Å². The molecule has 3 nitrogen and oxygen atoms in total. The summed E-state index contributed by atoms with van der Waals surface area (Å²) in [4.78, 5) is 8.15. The molecule has 1 aromatic rings. The van der Waals surface area contributed by atoms with Gasteiger partial charge < -0.3 is 10.2 Å². The van der Waals surface area contributed by atoms with Crippen LogP contribution >= 0.6 is 47.1 Å². The van der Waals surface area contributed by atoms with Gasteiger partial charge in [-0.1, -0.05) is 13.0 Å². The molecule has 2 rings (SSSR count). The molecule has 0 amide bonds. The summed E-state index contributed by atoms with van der Waals surface area (Å²) < 4.78 is 0. The maximum atomic E-state index is 4.41. The average molecular weight is 411 g/mol. The van der Waals surface area contributed by atoms with E-state index in [1.165, 1.54) is 17.1 Å². The molecule has 1 saturated heterocycles. The number of hydrogen-bond donors (Lipinski definition) is 1. The van der Waals surface area contributed by atoms with E-state index in [9.17, 15) is 0 Å². The zero-order valence-electron chi connectivity index (χ0n) is 11.5. The van der Waals surface area contributed by atoms with Crippen molar-refractivity contribution in [3.63, 3.8) is 0 Å². The maximum absolute atomic E-state index is 4.41. The lowest BCUT2D eigenvalue weighted by Gasteiger charge is -2.34. The number of guanidine groups is 1. The predicted octanol–water partition coefficient (Wildman–Crippen LogP) is 3.27. The number of nitrogens with zero attached hydrogens (tertiary/aromatic N) is 2. The molecule has 1 fully saturated rings. The predicted molar refractivity (Wildman–Crippen MR) is 98.0 cm³/mol. The molecule has 0 aliphatic carbocycles. The normalized spacial score (nSPS) is 20.0. The summed E-state index contributed by atoms with van der Waals surface area (Å²) in [5, 5.41) is 6.33. The molecule has 0 bridgehead atoms. The van der Waals surface area contributed by atoms with Gasteiger partial charge in [0.15, 0.2) is 5.96 Å². The van der Waals surface area contributed by atoms with E-state index in [0.717, 1.165) is 30.8 Å². The Kier molecular flexibility index (Phi) is 8.17. The fourth-order valence-corrected chi connectivity index (χ4v) is 3.90. The van der Waals surface area contributed by atoms with Crippen molar-refractivity contribution in [1.29, 1.82) is 0 Å². The van der Waals surface area contributed by atoms with Gasteiger partial charge in [0.2, 0.25) is 0 Å². The summed E-state index contributed by atoms with van der Waals surface area (Å²) in [5.74, 6) is 2.25. The summed E-state index contributed by atoms with van der Waals surface area (Å²) in [7, 11) is 1.87. The Morgan fingerprint density at radius 3 is 3.05 bits per heavy atom. The number of thiophene rings is 1. The van der Waals surface area contributed by atoms with Crippen LogP contribution in [0.25, 0.3) is 0 Å². The number of halogens is 1. The molecule has 1 aromatic heterocycles. The summed E-state index contributed by atoms with van der Waals surface area (Å²) in [5.41, 5.74) is 0. The highest BCUT2D eigenvalue weighted by Gasteiger charge is 2.21. The van der Waals surface area contributed by atoms with Crippen molar-refractivity contribution in [2.75, 3.05) is 25.9 Å². The number of thioether (sulfide) groups is 1. The number of rotatable bonds is 3. The highest BCUT2D eigenvalue weighted by molar-refractivity contribution is 14.0. The Bertz CT molecular complexity index is 381. The molecule has 0 spiro atoms. The number of hydrogen-bond acceptors (Lipinski definition) is 3. The molecule has 6 heteroatoms. The summed E-state index contributed by atoms with van der Waals surface area (Å²) in [6.07, 6.45) is 1.24. The summed E-state index contributed by atoms with van der Waals surface area (Å²) in [6.45, 7) is 5.37. The molecule has 0 radical (unpaired) electrons. The van der Waals surface area contributed by atoms with Crippen molar-refractivity contribution in [3.05, 3.63) is 22.4 Å². The van der Waals surface area contributed by atoms with Gasteiger partial charge in [0, 0.05) is 36.0 Å². The molecule has 2 heterocycles. The molecular formula is C13H22IN3S2. The molecule has 0 saturated carbocycles. The third-order valence-corrected chi connectivity index (χ3v) is 5.35. The Morgan fingerprint density at radius 2 is 2.42 bits per heavy atom. The van der Waals surface area contributed by atoms with Crippen LogP contribution in [0.15, 0.2) is 22.5 Å². The van der Waals surface area contributed by atoms with E-state index in [4.69, 9.17) is 0 Å². The topological polar surface area (TPSA) is 27.6 Å². The van der Waals surface area contributed by atoms with Gasteiger partial charge in [-0.15, -0.1) is 35.3 Å². The van der Waals surface area contributed by atoms with Crippen molar-refractivity contribution < 1.29 is 0 Å². The van der Waals surface area contributed by atoms with E-state index in [-0.39, 0.29) is 24.0 Å². The van der Waals surface area contributed by atoms with E-state index in [1.807, 2.05) is 7.05 Å². The van der Waals surface area contributed by atoms with Crippen molar-refractivity contribution >= 4 is 53.0 Å². The lowest BCUT2D eigenvalue weighted by atomic mass is 10.3. The van der Waals surface area contributed by atoms with Crippen LogP contribution in [-0.2, 0) is 6.54 Å². The lowest BCUT2D eigenvalue weighted by Crippen LogP contribution is -2.47. The van der Waals surface area contributed by atoms with Gasteiger partial charge >= 0.3 is 0 Å². The van der Waals surface area contributed by atoms with Crippen LogP contribution in [0, 0.1) is 0 Å². The van der Waals surface area contributed by atoms with Crippen molar-refractivity contribution in [2.45, 2.75) is 25.1 Å². The first-order valence-electron chi connectivity index (χ1n) is 6.43. The van der Waals surface area contributed by atoms with Crippen LogP contribution in [0.5, 0.6) is 0 Å². The minimum atomic E-state index is 0. The monoisotopic (exact) mass is 411 g/mol. The zero-order chi connectivity index (χ0) is 12.8. The highest BCUT2D eigenvalue weighted by Crippen LogP contribution is 2.21. The molecular weight excluding hydrogens is 389 g/mol. The third-order valence-electron chi connectivity index (χ3n) is 3.11. The average Bonchev–Trinajstić information content (AvgIpc) is 2.93. The van der Waals surface area contributed by atoms with E-state index in [0.29, 0.717) is 0 Å². The van der Waals surface area contributed by atoms with Gasteiger partial charge in [-0.25, -0.2) is 0 Å². The molecule has 1 atom stereocenters. The van der Waals surface area contributed by atoms with Crippen LogP contribution < -0.4 is 5.32 Å².